The van der Waals surface area contributed by atoms with Crippen LogP contribution in [-0.4, -0.2) is 40.4 Å². The third-order valence-electron chi connectivity index (χ3n) is 3.54. The van der Waals surface area contributed by atoms with Crippen LogP contribution in [0.1, 0.15) is 52.2 Å². The fourth-order valence-electron chi connectivity index (χ4n) is 2.10. The molecule has 2 rings (SSSR count). The van der Waals surface area contributed by atoms with Crippen LogP contribution in [0.3, 0.4) is 0 Å². The van der Waals surface area contributed by atoms with E-state index in [1.807, 2.05) is 25.7 Å². The summed E-state index contributed by atoms with van der Waals surface area (Å²) in [7, 11) is 0. The van der Waals surface area contributed by atoms with Crippen LogP contribution in [0.5, 0.6) is 0 Å². The molecule has 6 heteroatoms. The second-order valence-electron chi connectivity index (χ2n) is 6.61. The maximum Gasteiger partial charge on any atom is 0.323 e. The van der Waals surface area contributed by atoms with E-state index in [9.17, 15) is 4.79 Å². The number of carbonyl (C=O) groups excluding carboxylic acids is 1. The molecule has 0 atom stereocenters. The number of aliphatic hydroxyl groups excluding tert-OH is 1. The highest BCUT2D eigenvalue weighted by Crippen LogP contribution is 2.28. The molecule has 2 N–H and O–H groups in total. The van der Waals surface area contributed by atoms with Crippen molar-refractivity contribution >= 4 is 11.8 Å². The van der Waals surface area contributed by atoms with Crippen LogP contribution >= 0.6 is 0 Å². The molecule has 0 bridgehead atoms. The number of anilines is 1. The molecule has 0 unspecified atom stereocenters. The summed E-state index contributed by atoms with van der Waals surface area (Å²) < 4.78 is 5.27. The number of carbonyl (C=O) groups is 1. The summed E-state index contributed by atoms with van der Waals surface area (Å²) in [5, 5.41) is 15.6. The summed E-state index contributed by atoms with van der Waals surface area (Å²) in [5.74, 6) is 1.20. The molecule has 1 saturated carbocycles. The maximum absolute atomic E-state index is 12.3. The van der Waals surface area contributed by atoms with Crippen LogP contribution in [0, 0.1) is 0 Å². The van der Waals surface area contributed by atoms with Crippen molar-refractivity contribution in [3.05, 3.63) is 11.8 Å². The molecule has 118 valence electrons. The molecule has 1 heterocycles. The van der Waals surface area contributed by atoms with Crippen LogP contribution in [0.15, 0.2) is 10.6 Å². The Kier molecular flexibility index (Phi) is 4.88. The first kappa shape index (κ1) is 15.8. The standard InChI is InChI=1S/C15H25N3O3/c1-15(2,3)12-10-13(17-21-12)16-14(20)18(11-6-7-11)8-4-5-9-19/h10-11,19H,4-9H2,1-3H3,(H,16,17,20). The Labute approximate surface area is 125 Å². The normalized spacial score (nSPS) is 15.0. The third kappa shape index (κ3) is 4.46. The number of nitrogens with one attached hydrogen (secondary N) is 1. The molecule has 0 radical (unpaired) electrons. The second kappa shape index (κ2) is 6.47. The molecule has 2 amide bonds. The number of amides is 2. The van der Waals surface area contributed by atoms with E-state index in [0.29, 0.717) is 24.8 Å². The van der Waals surface area contributed by atoms with Gasteiger partial charge in [0.2, 0.25) is 0 Å². The molecule has 0 aliphatic heterocycles. The Bertz CT molecular complexity index is 475. The molecule has 1 aliphatic carbocycles. The zero-order chi connectivity index (χ0) is 15.5. The SMILES string of the molecule is CC(C)(C)c1cc(NC(=O)N(CCCCO)C2CC2)no1. The number of aliphatic hydroxyl groups is 1. The van der Waals surface area contributed by atoms with Crippen molar-refractivity contribution in [1.82, 2.24) is 10.1 Å². The maximum atomic E-state index is 12.3. The first-order chi connectivity index (χ1) is 9.91. The Morgan fingerprint density at radius 3 is 2.71 bits per heavy atom. The molecule has 1 aromatic rings. The topological polar surface area (TPSA) is 78.6 Å². The minimum Gasteiger partial charge on any atom is -0.396 e. The first-order valence-electron chi connectivity index (χ1n) is 7.57. The number of hydrogen-bond donors (Lipinski definition) is 2. The summed E-state index contributed by atoms with van der Waals surface area (Å²) in [4.78, 5) is 14.2. The molecule has 0 aromatic carbocycles. The van der Waals surface area contributed by atoms with Gasteiger partial charge >= 0.3 is 6.03 Å². The van der Waals surface area contributed by atoms with E-state index in [0.717, 1.165) is 25.0 Å². The molecule has 0 spiro atoms. The van der Waals surface area contributed by atoms with Crippen LogP contribution in [0.2, 0.25) is 0 Å². The molecule has 0 saturated heterocycles. The van der Waals surface area contributed by atoms with Gasteiger partial charge in [-0.1, -0.05) is 25.9 Å². The average molecular weight is 295 g/mol. The lowest BCUT2D eigenvalue weighted by Gasteiger charge is -2.21. The Morgan fingerprint density at radius 1 is 1.48 bits per heavy atom. The highest BCUT2D eigenvalue weighted by atomic mass is 16.5. The lowest BCUT2D eigenvalue weighted by atomic mass is 9.93. The fraction of sp³-hybridized carbons (Fsp3) is 0.733. The van der Waals surface area contributed by atoms with Gasteiger partial charge in [-0.05, 0) is 25.7 Å². The Balaban J connectivity index is 1.93. The molecule has 1 aromatic heterocycles. The van der Waals surface area contributed by atoms with E-state index in [2.05, 4.69) is 10.5 Å². The number of rotatable bonds is 6. The van der Waals surface area contributed by atoms with Gasteiger partial charge < -0.3 is 14.5 Å². The zero-order valence-electron chi connectivity index (χ0n) is 13.1. The molecular formula is C15H25N3O3. The molecule has 1 aliphatic rings. The number of unbranched alkanes of at least 4 members (excludes halogenated alkanes) is 1. The van der Waals surface area contributed by atoms with E-state index in [1.165, 1.54) is 0 Å². The first-order valence-corrected chi connectivity index (χ1v) is 7.57. The van der Waals surface area contributed by atoms with Crippen LogP contribution in [0.25, 0.3) is 0 Å². The average Bonchev–Trinajstić information content (AvgIpc) is 3.12. The van der Waals surface area contributed by atoms with E-state index in [-0.39, 0.29) is 18.1 Å². The number of hydrogen-bond acceptors (Lipinski definition) is 4. The van der Waals surface area contributed by atoms with Crippen molar-refractivity contribution in [1.29, 1.82) is 0 Å². The van der Waals surface area contributed by atoms with Crippen molar-refractivity contribution in [3.63, 3.8) is 0 Å². The lowest BCUT2D eigenvalue weighted by molar-refractivity contribution is 0.203. The smallest absolute Gasteiger partial charge is 0.323 e. The number of urea groups is 1. The van der Waals surface area contributed by atoms with Gasteiger partial charge in [0.15, 0.2) is 5.82 Å². The quantitative estimate of drug-likeness (QED) is 0.791. The zero-order valence-corrected chi connectivity index (χ0v) is 13.1. The summed E-state index contributed by atoms with van der Waals surface area (Å²) >= 11 is 0. The summed E-state index contributed by atoms with van der Waals surface area (Å²) in [6.07, 6.45) is 3.64. The van der Waals surface area contributed by atoms with Crippen LogP contribution in [0.4, 0.5) is 10.6 Å². The van der Waals surface area contributed by atoms with Gasteiger partial charge in [-0.25, -0.2) is 4.79 Å². The summed E-state index contributed by atoms with van der Waals surface area (Å²) in [5.41, 5.74) is -0.132. The van der Waals surface area contributed by atoms with Gasteiger partial charge in [0, 0.05) is 30.7 Å². The predicted octanol–water partition coefficient (Wildman–Crippen LogP) is 2.74. The molecule has 6 nitrogen and oxygen atoms in total. The van der Waals surface area contributed by atoms with Gasteiger partial charge in [0.1, 0.15) is 5.76 Å². The van der Waals surface area contributed by atoms with Crippen molar-refractivity contribution < 1.29 is 14.4 Å². The van der Waals surface area contributed by atoms with Crippen LogP contribution < -0.4 is 5.32 Å². The number of aromatic nitrogens is 1. The van der Waals surface area contributed by atoms with Crippen LogP contribution in [-0.2, 0) is 5.41 Å². The van der Waals surface area contributed by atoms with Gasteiger partial charge in [0.05, 0.1) is 0 Å². The van der Waals surface area contributed by atoms with E-state index < -0.39 is 0 Å². The van der Waals surface area contributed by atoms with E-state index >= 15 is 0 Å². The molecule has 1 fully saturated rings. The Hall–Kier alpha value is -1.56. The minimum atomic E-state index is -0.135. The highest BCUT2D eigenvalue weighted by Gasteiger charge is 2.32. The second-order valence-corrected chi connectivity index (χ2v) is 6.61. The predicted molar refractivity (Wildman–Crippen MR) is 80.3 cm³/mol. The minimum absolute atomic E-state index is 0.132. The van der Waals surface area contributed by atoms with Gasteiger partial charge in [-0.2, -0.15) is 0 Å². The van der Waals surface area contributed by atoms with Crippen molar-refractivity contribution in [3.8, 4) is 0 Å². The van der Waals surface area contributed by atoms with Gasteiger partial charge in [0.25, 0.3) is 0 Å². The molecular weight excluding hydrogens is 270 g/mol. The fourth-order valence-corrected chi connectivity index (χ4v) is 2.10. The van der Waals surface area contributed by atoms with Gasteiger partial charge in [-0.3, -0.25) is 5.32 Å². The third-order valence-corrected chi connectivity index (χ3v) is 3.54. The largest absolute Gasteiger partial charge is 0.396 e. The van der Waals surface area contributed by atoms with Crippen molar-refractivity contribution in [2.75, 3.05) is 18.5 Å². The summed E-state index contributed by atoms with van der Waals surface area (Å²) in [6, 6.07) is 1.97. The Morgan fingerprint density at radius 2 is 2.19 bits per heavy atom. The number of nitrogens with zero attached hydrogens (tertiary/aromatic N) is 2. The monoisotopic (exact) mass is 295 g/mol. The van der Waals surface area contributed by atoms with E-state index in [4.69, 9.17) is 9.63 Å². The highest BCUT2D eigenvalue weighted by molar-refractivity contribution is 5.88. The van der Waals surface area contributed by atoms with Gasteiger partial charge in [-0.15, -0.1) is 0 Å². The van der Waals surface area contributed by atoms with E-state index in [1.54, 1.807) is 6.07 Å². The van der Waals surface area contributed by atoms with Crippen molar-refractivity contribution in [2.45, 2.75) is 57.9 Å². The molecule has 21 heavy (non-hydrogen) atoms. The summed E-state index contributed by atoms with van der Waals surface area (Å²) in [6.45, 7) is 6.93. The van der Waals surface area contributed by atoms with Crippen molar-refractivity contribution in [2.24, 2.45) is 0 Å². The lowest BCUT2D eigenvalue weighted by Crippen LogP contribution is -2.37.